The third-order valence-electron chi connectivity index (χ3n) is 4.09. The third-order valence-corrected chi connectivity index (χ3v) is 4.09. The van der Waals surface area contributed by atoms with Crippen LogP contribution in [0.4, 0.5) is 0 Å². The van der Waals surface area contributed by atoms with Gasteiger partial charge >= 0.3 is 0 Å². The number of Topliss-reactive ketones (excluding diaryl/α,β-unsaturated/α-hetero) is 1. The van der Waals surface area contributed by atoms with E-state index in [1.165, 1.54) is 12.5 Å². The van der Waals surface area contributed by atoms with Crippen molar-refractivity contribution in [3.8, 4) is 23.1 Å². The van der Waals surface area contributed by atoms with Gasteiger partial charge in [0.05, 0.1) is 30.6 Å². The van der Waals surface area contributed by atoms with Gasteiger partial charge in [-0.3, -0.25) is 4.79 Å². The molecule has 2 aromatic heterocycles. The molecule has 5 heteroatoms. The second-order valence-electron chi connectivity index (χ2n) is 5.61. The number of rotatable bonds is 5. The van der Waals surface area contributed by atoms with Crippen molar-refractivity contribution in [3.05, 3.63) is 71.8 Å². The summed E-state index contributed by atoms with van der Waals surface area (Å²) in [5.74, 6) is 0.0488. The van der Waals surface area contributed by atoms with Crippen LogP contribution in [0.25, 0.3) is 11.1 Å². The van der Waals surface area contributed by atoms with Gasteiger partial charge in [0.2, 0.25) is 5.88 Å². The van der Waals surface area contributed by atoms with E-state index in [0.717, 1.165) is 11.1 Å². The Bertz CT molecular complexity index is 936. The van der Waals surface area contributed by atoms with Crippen LogP contribution in [0.2, 0.25) is 0 Å². The van der Waals surface area contributed by atoms with Gasteiger partial charge in [0, 0.05) is 23.7 Å². The van der Waals surface area contributed by atoms with Crippen LogP contribution in [-0.4, -0.2) is 17.9 Å². The summed E-state index contributed by atoms with van der Waals surface area (Å²) in [6.45, 7) is 1.83. The summed E-state index contributed by atoms with van der Waals surface area (Å²) in [6.07, 6.45) is 4.62. The summed E-state index contributed by atoms with van der Waals surface area (Å²) < 4.78 is 10.3. The number of nitrogens with zero attached hydrogens (tertiary/aromatic N) is 2. The lowest BCUT2D eigenvalue weighted by atomic mass is 9.91. The van der Waals surface area contributed by atoms with Gasteiger partial charge in [-0.15, -0.1) is 0 Å². The number of nitriles is 1. The van der Waals surface area contributed by atoms with Gasteiger partial charge in [0.25, 0.3) is 0 Å². The van der Waals surface area contributed by atoms with Crippen LogP contribution in [0.3, 0.4) is 0 Å². The maximum Gasteiger partial charge on any atom is 0.212 e. The zero-order valence-electron chi connectivity index (χ0n) is 13.9. The summed E-state index contributed by atoms with van der Waals surface area (Å²) in [5, 5.41) is 9.06. The number of carbonyl (C=O) groups is 1. The molecule has 25 heavy (non-hydrogen) atoms. The van der Waals surface area contributed by atoms with E-state index in [4.69, 9.17) is 14.4 Å². The van der Waals surface area contributed by atoms with Crippen LogP contribution in [0.1, 0.15) is 34.3 Å². The molecule has 0 aliphatic heterocycles. The van der Waals surface area contributed by atoms with Gasteiger partial charge in [-0.2, -0.15) is 5.26 Å². The predicted molar refractivity (Wildman–Crippen MR) is 92.4 cm³/mol. The first-order valence-electron chi connectivity index (χ1n) is 7.75. The van der Waals surface area contributed by atoms with E-state index < -0.39 is 0 Å². The monoisotopic (exact) mass is 332 g/mol. The number of hydrogen-bond acceptors (Lipinski definition) is 5. The molecular weight excluding hydrogens is 316 g/mol. The molecule has 1 aromatic carbocycles. The van der Waals surface area contributed by atoms with Gasteiger partial charge in [0.15, 0.2) is 5.78 Å². The van der Waals surface area contributed by atoms with Crippen molar-refractivity contribution < 1.29 is 13.9 Å². The Morgan fingerprint density at radius 2 is 2.12 bits per heavy atom. The molecule has 3 rings (SSSR count). The highest BCUT2D eigenvalue weighted by molar-refractivity contribution is 6.05. The van der Waals surface area contributed by atoms with Crippen LogP contribution in [0.5, 0.6) is 5.88 Å². The van der Waals surface area contributed by atoms with Crippen molar-refractivity contribution in [1.29, 1.82) is 5.26 Å². The van der Waals surface area contributed by atoms with Crippen molar-refractivity contribution in [3.63, 3.8) is 0 Å². The standard InChI is InChI=1S/C20H16N2O3/c1-13(16-6-7-19(24-2)22-10-16)20(23)18-12-25-11-17(18)15-5-3-4-14(8-15)9-21/h3-8,10-13H,1-2H3. The first kappa shape index (κ1) is 16.5. The fourth-order valence-electron chi connectivity index (χ4n) is 2.62. The number of hydrogen-bond donors (Lipinski definition) is 0. The quantitative estimate of drug-likeness (QED) is 0.654. The Balaban J connectivity index is 1.93. The molecule has 1 unspecified atom stereocenters. The summed E-state index contributed by atoms with van der Waals surface area (Å²) in [7, 11) is 1.55. The van der Waals surface area contributed by atoms with E-state index in [-0.39, 0.29) is 11.7 Å². The number of ketones is 1. The second-order valence-corrected chi connectivity index (χ2v) is 5.61. The van der Waals surface area contributed by atoms with E-state index in [0.29, 0.717) is 22.6 Å². The van der Waals surface area contributed by atoms with Crippen molar-refractivity contribution in [1.82, 2.24) is 4.98 Å². The molecule has 124 valence electrons. The number of carbonyl (C=O) groups excluding carboxylic acids is 1. The van der Waals surface area contributed by atoms with Gasteiger partial charge in [-0.1, -0.05) is 25.1 Å². The summed E-state index contributed by atoms with van der Waals surface area (Å²) in [5.41, 5.74) is 3.26. The molecule has 0 radical (unpaired) electrons. The van der Waals surface area contributed by atoms with Crippen molar-refractivity contribution in [2.45, 2.75) is 12.8 Å². The number of furan rings is 1. The highest BCUT2D eigenvalue weighted by atomic mass is 16.5. The molecule has 0 aliphatic rings. The normalized spacial score (nSPS) is 11.6. The molecule has 2 heterocycles. The fourth-order valence-corrected chi connectivity index (χ4v) is 2.62. The minimum atomic E-state index is -0.381. The molecule has 0 fully saturated rings. The maximum absolute atomic E-state index is 12.9. The van der Waals surface area contributed by atoms with Gasteiger partial charge in [-0.25, -0.2) is 4.98 Å². The molecule has 0 saturated carbocycles. The van der Waals surface area contributed by atoms with E-state index in [9.17, 15) is 4.79 Å². The van der Waals surface area contributed by atoms with Gasteiger partial charge < -0.3 is 9.15 Å². The lowest BCUT2D eigenvalue weighted by Gasteiger charge is -2.11. The van der Waals surface area contributed by atoms with E-state index in [1.807, 2.05) is 19.1 Å². The number of benzene rings is 1. The van der Waals surface area contributed by atoms with Crippen molar-refractivity contribution in [2.24, 2.45) is 0 Å². The number of pyridine rings is 1. The molecule has 1 atom stereocenters. The maximum atomic E-state index is 12.9. The Kier molecular flexibility index (Phi) is 4.62. The van der Waals surface area contributed by atoms with Crippen molar-refractivity contribution in [2.75, 3.05) is 7.11 Å². The molecule has 0 spiro atoms. The third kappa shape index (κ3) is 3.29. The lowest BCUT2D eigenvalue weighted by Crippen LogP contribution is -2.10. The lowest BCUT2D eigenvalue weighted by molar-refractivity contribution is 0.0966. The smallest absolute Gasteiger partial charge is 0.212 e. The van der Waals surface area contributed by atoms with Crippen LogP contribution in [0.15, 0.2) is 59.5 Å². The van der Waals surface area contributed by atoms with Crippen molar-refractivity contribution >= 4 is 5.78 Å². The molecule has 3 aromatic rings. The summed E-state index contributed by atoms with van der Waals surface area (Å²) >= 11 is 0. The Hall–Kier alpha value is -3.39. The summed E-state index contributed by atoms with van der Waals surface area (Å²) in [6, 6.07) is 12.7. The highest BCUT2D eigenvalue weighted by Crippen LogP contribution is 2.30. The van der Waals surface area contributed by atoms with E-state index in [1.54, 1.807) is 37.6 Å². The average molecular weight is 332 g/mol. The van der Waals surface area contributed by atoms with Crippen LogP contribution in [-0.2, 0) is 0 Å². The molecule has 0 saturated heterocycles. The zero-order chi connectivity index (χ0) is 17.8. The van der Waals surface area contributed by atoms with E-state index >= 15 is 0 Å². The van der Waals surface area contributed by atoms with Gasteiger partial charge in [-0.05, 0) is 23.3 Å². The molecule has 0 aliphatic carbocycles. The summed E-state index contributed by atoms with van der Waals surface area (Å²) in [4.78, 5) is 17.1. The average Bonchev–Trinajstić information content (AvgIpc) is 3.16. The molecular formula is C20H16N2O3. The minimum Gasteiger partial charge on any atom is -0.481 e. The minimum absolute atomic E-state index is 0.0712. The Morgan fingerprint density at radius 3 is 2.80 bits per heavy atom. The van der Waals surface area contributed by atoms with Crippen LogP contribution < -0.4 is 4.74 Å². The first-order chi connectivity index (χ1) is 12.1. The van der Waals surface area contributed by atoms with Gasteiger partial charge in [0.1, 0.15) is 6.26 Å². The highest BCUT2D eigenvalue weighted by Gasteiger charge is 2.23. The second kappa shape index (κ2) is 7.02. The Morgan fingerprint density at radius 1 is 1.28 bits per heavy atom. The largest absolute Gasteiger partial charge is 0.481 e. The topological polar surface area (TPSA) is 76.1 Å². The number of methoxy groups -OCH3 is 1. The number of ether oxygens (including phenoxy) is 1. The first-order valence-corrected chi connectivity index (χ1v) is 7.75. The fraction of sp³-hybridized carbons (Fsp3) is 0.150. The Labute approximate surface area is 145 Å². The number of aromatic nitrogens is 1. The molecule has 0 bridgehead atoms. The van der Waals surface area contributed by atoms with E-state index in [2.05, 4.69) is 11.1 Å². The SMILES string of the molecule is COc1ccc(C(C)C(=O)c2cocc2-c2cccc(C#N)c2)cn1. The van der Waals surface area contributed by atoms with Crippen LogP contribution >= 0.6 is 0 Å². The molecule has 0 amide bonds. The predicted octanol–water partition coefficient (Wildman–Crippen LogP) is 4.21. The molecule has 5 nitrogen and oxygen atoms in total. The molecule has 0 N–H and O–H groups in total. The van der Waals surface area contributed by atoms with Crippen LogP contribution in [0, 0.1) is 11.3 Å². The zero-order valence-corrected chi connectivity index (χ0v) is 13.9.